The molecule has 0 saturated carbocycles. The second-order valence-electron chi connectivity index (χ2n) is 4.38. The van der Waals surface area contributed by atoms with Crippen molar-refractivity contribution in [1.29, 1.82) is 0 Å². The van der Waals surface area contributed by atoms with Crippen LogP contribution < -0.4 is 5.73 Å². The molecule has 0 aliphatic heterocycles. The van der Waals surface area contributed by atoms with Crippen LogP contribution in [0.15, 0.2) is 42.7 Å². The zero-order valence-electron chi connectivity index (χ0n) is 10.3. The van der Waals surface area contributed by atoms with Crippen molar-refractivity contribution in [3.63, 3.8) is 0 Å². The lowest BCUT2D eigenvalue weighted by molar-refractivity contribution is -0.137. The van der Waals surface area contributed by atoms with Gasteiger partial charge in [0.25, 0.3) is 0 Å². The molecule has 0 spiro atoms. The molecule has 2 atom stereocenters. The molecule has 2 N–H and O–H groups in total. The molecule has 2 aromatic rings. The third-order valence-corrected chi connectivity index (χ3v) is 3.05. The van der Waals surface area contributed by atoms with Crippen LogP contribution in [0.2, 0.25) is 0 Å². The third kappa shape index (κ3) is 2.96. The Morgan fingerprint density at radius 1 is 1.21 bits per heavy atom. The van der Waals surface area contributed by atoms with Gasteiger partial charge >= 0.3 is 6.18 Å². The summed E-state index contributed by atoms with van der Waals surface area (Å²) in [6, 6.07) is 8.44. The van der Waals surface area contributed by atoms with Gasteiger partial charge in [-0.15, -0.1) is 0 Å². The number of aromatic nitrogens is 2. The highest BCUT2D eigenvalue weighted by Crippen LogP contribution is 2.30. The first-order valence-electron chi connectivity index (χ1n) is 5.81. The van der Waals surface area contributed by atoms with Crippen LogP contribution in [0.25, 0.3) is 0 Å². The number of benzene rings is 1. The number of nitrogens with zero attached hydrogens (tertiary/aromatic N) is 2. The summed E-state index contributed by atoms with van der Waals surface area (Å²) in [5.41, 5.74) is 6.14. The van der Waals surface area contributed by atoms with E-state index in [-0.39, 0.29) is 6.04 Å². The molecule has 2 rings (SSSR count). The first-order chi connectivity index (χ1) is 8.89. The summed E-state index contributed by atoms with van der Waals surface area (Å²) in [5.74, 6) is 0. The van der Waals surface area contributed by atoms with Crippen molar-refractivity contribution in [2.45, 2.75) is 25.2 Å². The predicted octanol–water partition coefficient (Wildman–Crippen LogP) is 3.16. The van der Waals surface area contributed by atoms with E-state index in [2.05, 4.69) is 5.10 Å². The van der Waals surface area contributed by atoms with Gasteiger partial charge < -0.3 is 5.73 Å². The van der Waals surface area contributed by atoms with E-state index in [1.807, 2.05) is 30.3 Å². The van der Waals surface area contributed by atoms with E-state index in [0.717, 1.165) is 18.0 Å². The number of rotatable bonds is 3. The lowest BCUT2D eigenvalue weighted by Crippen LogP contribution is -2.22. The molecule has 1 heterocycles. The third-order valence-electron chi connectivity index (χ3n) is 3.05. The summed E-state index contributed by atoms with van der Waals surface area (Å²) < 4.78 is 38.8. The minimum Gasteiger partial charge on any atom is -0.322 e. The Labute approximate surface area is 108 Å². The quantitative estimate of drug-likeness (QED) is 0.930. The van der Waals surface area contributed by atoms with Gasteiger partial charge in [-0.25, -0.2) is 0 Å². The molecule has 1 aromatic heterocycles. The van der Waals surface area contributed by atoms with E-state index in [9.17, 15) is 13.2 Å². The van der Waals surface area contributed by atoms with Crippen molar-refractivity contribution in [1.82, 2.24) is 9.78 Å². The van der Waals surface area contributed by atoms with Crippen molar-refractivity contribution in [2.24, 2.45) is 5.73 Å². The van der Waals surface area contributed by atoms with Crippen LogP contribution in [0.4, 0.5) is 13.2 Å². The van der Waals surface area contributed by atoms with E-state index in [1.54, 1.807) is 6.92 Å². The molecule has 1 aromatic carbocycles. The van der Waals surface area contributed by atoms with Gasteiger partial charge in [0.05, 0.1) is 23.8 Å². The summed E-state index contributed by atoms with van der Waals surface area (Å²) in [7, 11) is 0. The summed E-state index contributed by atoms with van der Waals surface area (Å²) in [6.07, 6.45) is -2.59. The van der Waals surface area contributed by atoms with Crippen LogP contribution in [-0.4, -0.2) is 9.78 Å². The Kier molecular flexibility index (Phi) is 3.61. The Bertz CT molecular complexity index is 534. The van der Waals surface area contributed by atoms with Gasteiger partial charge in [-0.05, 0) is 12.5 Å². The van der Waals surface area contributed by atoms with E-state index in [4.69, 9.17) is 5.73 Å². The average molecular weight is 269 g/mol. The van der Waals surface area contributed by atoms with Crippen molar-refractivity contribution in [3.05, 3.63) is 53.9 Å². The molecule has 0 amide bonds. The van der Waals surface area contributed by atoms with E-state index in [1.165, 1.54) is 4.68 Å². The van der Waals surface area contributed by atoms with Gasteiger partial charge in [0.1, 0.15) is 0 Å². The Hall–Kier alpha value is -1.82. The van der Waals surface area contributed by atoms with Gasteiger partial charge in [-0.3, -0.25) is 4.68 Å². The van der Waals surface area contributed by atoms with Crippen molar-refractivity contribution >= 4 is 0 Å². The van der Waals surface area contributed by atoms with Crippen molar-refractivity contribution in [2.75, 3.05) is 0 Å². The highest BCUT2D eigenvalue weighted by Gasteiger charge is 2.33. The zero-order valence-corrected chi connectivity index (χ0v) is 10.3. The Morgan fingerprint density at radius 3 is 2.37 bits per heavy atom. The first-order valence-corrected chi connectivity index (χ1v) is 5.81. The number of halogens is 3. The molecule has 0 bridgehead atoms. The molecule has 3 nitrogen and oxygen atoms in total. The van der Waals surface area contributed by atoms with Crippen LogP contribution in [0.3, 0.4) is 0 Å². The summed E-state index contributed by atoms with van der Waals surface area (Å²) in [4.78, 5) is 0. The maximum Gasteiger partial charge on any atom is 0.419 e. The molecule has 102 valence electrons. The Morgan fingerprint density at radius 2 is 1.84 bits per heavy atom. The molecule has 0 fully saturated rings. The second-order valence-corrected chi connectivity index (χ2v) is 4.38. The average Bonchev–Trinajstić information content (AvgIpc) is 2.87. The molecule has 0 aliphatic rings. The largest absolute Gasteiger partial charge is 0.419 e. The van der Waals surface area contributed by atoms with Gasteiger partial charge in [0, 0.05) is 6.20 Å². The summed E-state index contributed by atoms with van der Waals surface area (Å²) >= 11 is 0. The van der Waals surface area contributed by atoms with E-state index >= 15 is 0 Å². The number of alkyl halides is 3. The topological polar surface area (TPSA) is 43.8 Å². The molecule has 6 heteroatoms. The van der Waals surface area contributed by atoms with Gasteiger partial charge in [0.2, 0.25) is 0 Å². The fourth-order valence-corrected chi connectivity index (χ4v) is 1.83. The van der Waals surface area contributed by atoms with E-state index in [0.29, 0.717) is 0 Å². The van der Waals surface area contributed by atoms with Crippen LogP contribution in [0.1, 0.15) is 30.1 Å². The van der Waals surface area contributed by atoms with E-state index < -0.39 is 17.8 Å². The molecular weight excluding hydrogens is 255 g/mol. The minimum absolute atomic E-state index is 0.363. The zero-order chi connectivity index (χ0) is 14.0. The van der Waals surface area contributed by atoms with Crippen molar-refractivity contribution < 1.29 is 13.2 Å². The molecule has 2 unspecified atom stereocenters. The lowest BCUT2D eigenvalue weighted by atomic mass is 10.0. The number of hydrogen-bond donors (Lipinski definition) is 1. The summed E-state index contributed by atoms with van der Waals surface area (Å²) in [6.45, 7) is 1.74. The van der Waals surface area contributed by atoms with Gasteiger partial charge in [-0.2, -0.15) is 18.3 Å². The number of hydrogen-bond acceptors (Lipinski definition) is 2. The maximum absolute atomic E-state index is 12.5. The standard InChI is InChI=1S/C13H14F3N3/c1-9(12(17)10-5-3-2-4-6-10)19-8-11(7-18-19)13(14,15)16/h2-9,12H,17H2,1H3. The second kappa shape index (κ2) is 5.05. The van der Waals surface area contributed by atoms with Gasteiger partial charge in [0.15, 0.2) is 0 Å². The summed E-state index contributed by atoms with van der Waals surface area (Å²) in [5, 5.41) is 3.75. The maximum atomic E-state index is 12.5. The highest BCUT2D eigenvalue weighted by molar-refractivity contribution is 5.20. The Balaban J connectivity index is 2.20. The minimum atomic E-state index is -4.38. The molecular formula is C13H14F3N3. The fourth-order valence-electron chi connectivity index (χ4n) is 1.83. The first kappa shape index (κ1) is 13.6. The van der Waals surface area contributed by atoms with Crippen LogP contribution in [-0.2, 0) is 6.18 Å². The van der Waals surface area contributed by atoms with Crippen LogP contribution >= 0.6 is 0 Å². The predicted molar refractivity (Wildman–Crippen MR) is 65.3 cm³/mol. The van der Waals surface area contributed by atoms with Gasteiger partial charge in [-0.1, -0.05) is 30.3 Å². The lowest BCUT2D eigenvalue weighted by Gasteiger charge is -2.20. The molecule has 0 radical (unpaired) electrons. The molecule has 0 aliphatic carbocycles. The normalized spacial score (nSPS) is 15.2. The number of nitrogens with two attached hydrogens (primary N) is 1. The molecule has 0 saturated heterocycles. The van der Waals surface area contributed by atoms with Crippen LogP contribution in [0, 0.1) is 0 Å². The van der Waals surface area contributed by atoms with Crippen LogP contribution in [0.5, 0.6) is 0 Å². The smallest absolute Gasteiger partial charge is 0.322 e. The SMILES string of the molecule is CC(C(N)c1ccccc1)n1cc(C(F)(F)F)cn1. The van der Waals surface area contributed by atoms with Crippen molar-refractivity contribution in [3.8, 4) is 0 Å². The highest BCUT2D eigenvalue weighted by atomic mass is 19.4. The fraction of sp³-hybridized carbons (Fsp3) is 0.308. The monoisotopic (exact) mass is 269 g/mol. The molecule has 19 heavy (non-hydrogen) atoms.